The SMILES string of the molecule is Clc1nc2ncc3ccccc3c2s1. The first kappa shape index (κ1) is 8.15. The van der Waals surface area contributed by atoms with Gasteiger partial charge in [-0.2, -0.15) is 0 Å². The summed E-state index contributed by atoms with van der Waals surface area (Å²) in [6.07, 6.45) is 1.83. The van der Waals surface area contributed by atoms with Crippen LogP contribution in [0.2, 0.25) is 4.47 Å². The zero-order valence-electron chi connectivity index (χ0n) is 7.07. The quantitative estimate of drug-likeness (QED) is 0.580. The molecule has 0 saturated heterocycles. The lowest BCUT2D eigenvalue weighted by Crippen LogP contribution is -1.77. The van der Waals surface area contributed by atoms with E-state index < -0.39 is 0 Å². The molecule has 0 unspecified atom stereocenters. The molecule has 0 aliphatic heterocycles. The van der Waals surface area contributed by atoms with Crippen LogP contribution in [-0.2, 0) is 0 Å². The Morgan fingerprint density at radius 2 is 2.07 bits per heavy atom. The molecular formula is C10H5ClN2S. The number of aromatic nitrogens is 2. The van der Waals surface area contributed by atoms with Crippen LogP contribution < -0.4 is 0 Å². The van der Waals surface area contributed by atoms with E-state index in [9.17, 15) is 0 Å². The normalized spacial score (nSPS) is 11.2. The van der Waals surface area contributed by atoms with Crippen molar-refractivity contribution in [3.63, 3.8) is 0 Å². The molecule has 0 aliphatic rings. The Labute approximate surface area is 89.2 Å². The molecule has 3 rings (SSSR count). The lowest BCUT2D eigenvalue weighted by Gasteiger charge is -1.95. The summed E-state index contributed by atoms with van der Waals surface area (Å²) in [6.45, 7) is 0. The first-order valence-corrected chi connectivity index (χ1v) is 5.34. The second-order valence-electron chi connectivity index (χ2n) is 2.96. The summed E-state index contributed by atoms with van der Waals surface area (Å²) < 4.78 is 1.61. The molecule has 4 heteroatoms. The molecule has 0 aliphatic carbocycles. The van der Waals surface area contributed by atoms with Gasteiger partial charge in [-0.05, 0) is 0 Å². The Kier molecular flexibility index (Phi) is 1.69. The number of rotatable bonds is 0. The highest BCUT2D eigenvalue weighted by Gasteiger charge is 2.06. The molecule has 0 fully saturated rings. The zero-order valence-corrected chi connectivity index (χ0v) is 8.64. The molecule has 0 bridgehead atoms. The van der Waals surface area contributed by atoms with E-state index in [4.69, 9.17) is 11.6 Å². The number of halogens is 1. The molecule has 2 heterocycles. The first-order valence-electron chi connectivity index (χ1n) is 4.14. The minimum absolute atomic E-state index is 0.545. The fourth-order valence-corrected chi connectivity index (χ4v) is 2.59. The molecule has 0 N–H and O–H groups in total. The molecule has 0 radical (unpaired) electrons. The number of hydrogen-bond acceptors (Lipinski definition) is 3. The van der Waals surface area contributed by atoms with E-state index in [-0.39, 0.29) is 0 Å². The molecule has 14 heavy (non-hydrogen) atoms. The van der Waals surface area contributed by atoms with Crippen molar-refractivity contribution in [2.45, 2.75) is 0 Å². The van der Waals surface area contributed by atoms with Gasteiger partial charge in [0.15, 0.2) is 10.1 Å². The standard InChI is InChI=1S/C10H5ClN2S/c11-10-13-9-8(14-10)7-4-2-1-3-6(7)5-12-9/h1-5H. The molecule has 68 valence electrons. The van der Waals surface area contributed by atoms with Gasteiger partial charge in [-0.15, -0.1) is 11.3 Å². The fourth-order valence-electron chi connectivity index (χ4n) is 1.50. The van der Waals surface area contributed by atoms with E-state index in [1.165, 1.54) is 16.7 Å². The molecule has 2 aromatic heterocycles. The smallest absolute Gasteiger partial charge is 0.186 e. The van der Waals surface area contributed by atoms with Crippen LogP contribution >= 0.6 is 22.9 Å². The van der Waals surface area contributed by atoms with E-state index in [2.05, 4.69) is 16.0 Å². The van der Waals surface area contributed by atoms with Gasteiger partial charge < -0.3 is 0 Å². The lowest BCUT2D eigenvalue weighted by atomic mass is 10.2. The topological polar surface area (TPSA) is 25.8 Å². The van der Waals surface area contributed by atoms with Gasteiger partial charge in [0.05, 0.1) is 4.70 Å². The summed E-state index contributed by atoms with van der Waals surface area (Å²) in [6, 6.07) is 8.11. The minimum Gasteiger partial charge on any atom is -0.235 e. The van der Waals surface area contributed by atoms with Crippen molar-refractivity contribution in [2.24, 2.45) is 0 Å². The summed E-state index contributed by atoms with van der Waals surface area (Å²) in [5.74, 6) is 0. The molecular weight excluding hydrogens is 216 g/mol. The van der Waals surface area contributed by atoms with Gasteiger partial charge in [0.25, 0.3) is 0 Å². The Bertz CT molecular complexity index is 618. The van der Waals surface area contributed by atoms with Gasteiger partial charge in [-0.1, -0.05) is 35.9 Å². The number of pyridine rings is 1. The van der Waals surface area contributed by atoms with Crippen LogP contribution in [0.5, 0.6) is 0 Å². The summed E-state index contributed by atoms with van der Waals surface area (Å²) in [7, 11) is 0. The number of fused-ring (bicyclic) bond motifs is 3. The summed E-state index contributed by atoms with van der Waals surface area (Å²) in [4.78, 5) is 8.38. The number of thiazole rings is 1. The van der Waals surface area contributed by atoms with Gasteiger partial charge in [0.1, 0.15) is 0 Å². The predicted octanol–water partition coefficient (Wildman–Crippen LogP) is 3.50. The van der Waals surface area contributed by atoms with Crippen LogP contribution in [0, 0.1) is 0 Å². The van der Waals surface area contributed by atoms with E-state index in [1.54, 1.807) is 0 Å². The average Bonchev–Trinajstić information content (AvgIpc) is 2.59. The van der Waals surface area contributed by atoms with Crippen LogP contribution in [0.1, 0.15) is 0 Å². The van der Waals surface area contributed by atoms with E-state index in [0.717, 1.165) is 15.7 Å². The summed E-state index contributed by atoms with van der Waals surface area (Å²) in [5.41, 5.74) is 0.735. The van der Waals surface area contributed by atoms with E-state index >= 15 is 0 Å². The average molecular weight is 221 g/mol. The summed E-state index contributed by atoms with van der Waals surface area (Å²) >= 11 is 7.32. The number of hydrogen-bond donors (Lipinski definition) is 0. The molecule has 0 saturated carbocycles. The predicted molar refractivity (Wildman–Crippen MR) is 59.9 cm³/mol. The maximum Gasteiger partial charge on any atom is 0.186 e. The second-order valence-corrected chi connectivity index (χ2v) is 4.55. The monoisotopic (exact) mass is 220 g/mol. The largest absolute Gasteiger partial charge is 0.235 e. The van der Waals surface area contributed by atoms with Crippen LogP contribution in [0.25, 0.3) is 21.1 Å². The number of benzene rings is 1. The van der Waals surface area contributed by atoms with E-state index in [0.29, 0.717) is 4.47 Å². The van der Waals surface area contributed by atoms with Crippen molar-refractivity contribution >= 4 is 44.1 Å². The van der Waals surface area contributed by atoms with Crippen LogP contribution in [0.3, 0.4) is 0 Å². The Balaban J connectivity index is 2.60. The third-order valence-electron chi connectivity index (χ3n) is 2.11. The second kappa shape index (κ2) is 2.90. The van der Waals surface area contributed by atoms with Crippen molar-refractivity contribution in [2.75, 3.05) is 0 Å². The molecule has 2 nitrogen and oxygen atoms in total. The zero-order chi connectivity index (χ0) is 9.54. The van der Waals surface area contributed by atoms with Gasteiger partial charge in [-0.3, -0.25) is 0 Å². The fraction of sp³-hybridized carbons (Fsp3) is 0. The van der Waals surface area contributed by atoms with Crippen molar-refractivity contribution in [3.8, 4) is 0 Å². The van der Waals surface area contributed by atoms with Crippen molar-refractivity contribution in [3.05, 3.63) is 34.9 Å². The van der Waals surface area contributed by atoms with Crippen LogP contribution in [0.4, 0.5) is 0 Å². The lowest BCUT2D eigenvalue weighted by molar-refractivity contribution is 1.34. The third kappa shape index (κ3) is 1.10. The number of nitrogens with zero attached hydrogens (tertiary/aromatic N) is 2. The highest BCUT2D eigenvalue weighted by molar-refractivity contribution is 7.22. The first-order chi connectivity index (χ1) is 6.84. The minimum atomic E-state index is 0.545. The highest BCUT2D eigenvalue weighted by Crippen LogP contribution is 2.30. The maximum atomic E-state index is 5.85. The molecule has 1 aromatic carbocycles. The van der Waals surface area contributed by atoms with E-state index in [1.807, 2.05) is 24.4 Å². The van der Waals surface area contributed by atoms with Gasteiger partial charge in [0, 0.05) is 17.0 Å². The highest BCUT2D eigenvalue weighted by atomic mass is 35.5. The summed E-state index contributed by atoms with van der Waals surface area (Å²) in [5, 5.41) is 2.29. The van der Waals surface area contributed by atoms with Crippen molar-refractivity contribution in [1.29, 1.82) is 0 Å². The Morgan fingerprint density at radius 1 is 1.21 bits per heavy atom. The maximum absolute atomic E-state index is 5.85. The van der Waals surface area contributed by atoms with Gasteiger partial charge in [-0.25, -0.2) is 9.97 Å². The van der Waals surface area contributed by atoms with Gasteiger partial charge >= 0.3 is 0 Å². The van der Waals surface area contributed by atoms with Crippen molar-refractivity contribution in [1.82, 2.24) is 9.97 Å². The molecule has 3 aromatic rings. The van der Waals surface area contributed by atoms with Crippen LogP contribution in [0.15, 0.2) is 30.5 Å². The third-order valence-corrected chi connectivity index (χ3v) is 3.30. The Morgan fingerprint density at radius 3 is 3.00 bits per heavy atom. The Hall–Kier alpha value is -1.19. The molecule has 0 atom stereocenters. The molecule has 0 spiro atoms. The van der Waals surface area contributed by atoms with Crippen molar-refractivity contribution < 1.29 is 0 Å². The molecule has 0 amide bonds. The van der Waals surface area contributed by atoms with Crippen LogP contribution in [-0.4, -0.2) is 9.97 Å². The van der Waals surface area contributed by atoms with Gasteiger partial charge in [0.2, 0.25) is 0 Å².